The molecule has 0 radical (unpaired) electrons. The molecule has 136 valence electrons. The Balaban J connectivity index is 1.56. The maximum absolute atomic E-state index is 12.1. The molecule has 0 bridgehead atoms. The normalized spacial score (nSPS) is 44.2. The van der Waals surface area contributed by atoms with Crippen molar-refractivity contribution in [1.82, 2.24) is 10.6 Å². The largest absolute Gasteiger partial charge is 0.365 e. The molecule has 4 aliphatic rings. The minimum Gasteiger partial charge on any atom is -0.365 e. The van der Waals surface area contributed by atoms with Crippen LogP contribution in [0.4, 0.5) is 0 Å². The van der Waals surface area contributed by atoms with Crippen molar-refractivity contribution in [3.8, 4) is 0 Å². The van der Waals surface area contributed by atoms with Crippen LogP contribution in [-0.2, 0) is 28.7 Å². The van der Waals surface area contributed by atoms with Gasteiger partial charge in [-0.1, -0.05) is 24.3 Å². The van der Waals surface area contributed by atoms with Gasteiger partial charge < -0.3 is 9.47 Å². The van der Waals surface area contributed by atoms with Crippen molar-refractivity contribution >= 4 is 23.6 Å². The first kappa shape index (κ1) is 16.9. The molecule has 0 saturated carbocycles. The number of hydrogen-bond acceptors (Lipinski definition) is 6. The van der Waals surface area contributed by atoms with Gasteiger partial charge in [0.05, 0.1) is 48.1 Å². The van der Waals surface area contributed by atoms with E-state index in [1.165, 1.54) is 12.2 Å². The lowest BCUT2D eigenvalue weighted by molar-refractivity contribution is -0.130. The zero-order valence-electron chi connectivity index (χ0n) is 13.8. The Morgan fingerprint density at radius 2 is 0.923 bits per heavy atom. The standard InChI is InChI=1S/C18H18N2O6/c1-3-7-11-13(17(23)19-15(11)21)9(25-7)5-6-10-14-12(8(4-2)26-10)16(22)20-18(14)24/h3-14H,1-2H2,(H,19,21,23)(H,20,22,24)/b6-5-/t7-,8+,9+,10-,11?,12?,13?,14?. The number of carbonyl (C=O) groups is 4. The lowest BCUT2D eigenvalue weighted by Gasteiger charge is -2.14. The summed E-state index contributed by atoms with van der Waals surface area (Å²) < 4.78 is 11.5. The lowest BCUT2D eigenvalue weighted by atomic mass is 9.87. The van der Waals surface area contributed by atoms with Crippen LogP contribution in [-0.4, -0.2) is 48.0 Å². The lowest BCUT2D eigenvalue weighted by Crippen LogP contribution is -2.30. The highest BCUT2D eigenvalue weighted by Gasteiger charge is 2.56. The molecule has 4 unspecified atom stereocenters. The van der Waals surface area contributed by atoms with E-state index in [2.05, 4.69) is 23.8 Å². The van der Waals surface area contributed by atoms with E-state index in [1.807, 2.05) is 0 Å². The predicted molar refractivity (Wildman–Crippen MR) is 87.1 cm³/mol. The summed E-state index contributed by atoms with van der Waals surface area (Å²) in [4.78, 5) is 48.0. The van der Waals surface area contributed by atoms with Crippen LogP contribution in [0.2, 0.25) is 0 Å². The van der Waals surface area contributed by atoms with Crippen molar-refractivity contribution in [2.24, 2.45) is 23.7 Å². The van der Waals surface area contributed by atoms with Crippen LogP contribution in [0, 0.1) is 23.7 Å². The number of nitrogens with one attached hydrogen (secondary N) is 2. The molecule has 0 aromatic rings. The van der Waals surface area contributed by atoms with Crippen LogP contribution >= 0.6 is 0 Å². The van der Waals surface area contributed by atoms with Gasteiger partial charge in [-0.25, -0.2) is 0 Å². The second-order valence-electron chi connectivity index (χ2n) is 6.80. The van der Waals surface area contributed by atoms with Gasteiger partial charge in [0.25, 0.3) is 0 Å². The summed E-state index contributed by atoms with van der Waals surface area (Å²) in [7, 11) is 0. The molecule has 4 fully saturated rings. The second kappa shape index (κ2) is 6.00. The second-order valence-corrected chi connectivity index (χ2v) is 6.80. The first-order valence-corrected chi connectivity index (χ1v) is 8.40. The molecule has 4 aliphatic heterocycles. The number of amides is 4. The quantitative estimate of drug-likeness (QED) is 0.504. The molecular weight excluding hydrogens is 340 g/mol. The van der Waals surface area contributed by atoms with Crippen molar-refractivity contribution in [3.63, 3.8) is 0 Å². The van der Waals surface area contributed by atoms with Crippen LogP contribution in [0.5, 0.6) is 0 Å². The van der Waals surface area contributed by atoms with Gasteiger partial charge in [0.1, 0.15) is 0 Å². The van der Waals surface area contributed by atoms with Crippen molar-refractivity contribution in [1.29, 1.82) is 0 Å². The average Bonchev–Trinajstić information content (AvgIpc) is 3.30. The highest BCUT2D eigenvalue weighted by atomic mass is 16.5. The Morgan fingerprint density at radius 1 is 0.615 bits per heavy atom. The number of hydrogen-bond donors (Lipinski definition) is 2. The third-order valence-electron chi connectivity index (χ3n) is 5.48. The fourth-order valence-corrected chi connectivity index (χ4v) is 4.30. The van der Waals surface area contributed by atoms with Gasteiger partial charge in [0.15, 0.2) is 0 Å². The number of imide groups is 2. The third kappa shape index (κ3) is 2.29. The molecule has 0 aromatic heterocycles. The van der Waals surface area contributed by atoms with Crippen LogP contribution < -0.4 is 10.6 Å². The van der Waals surface area contributed by atoms with E-state index in [0.717, 1.165) is 0 Å². The zero-order chi connectivity index (χ0) is 18.6. The fourth-order valence-electron chi connectivity index (χ4n) is 4.30. The SMILES string of the molecule is C=C[C@@H]1O[C@H](/C=C\[C@@H]2O[C@H](C=C)C3C(=O)NC(=O)C32)C2C(=O)NC(=O)C21. The minimum absolute atomic E-state index is 0.370. The van der Waals surface area contributed by atoms with Crippen molar-refractivity contribution in [2.45, 2.75) is 24.4 Å². The molecule has 26 heavy (non-hydrogen) atoms. The molecule has 0 spiro atoms. The predicted octanol–water partition coefficient (Wildman–Crippen LogP) is -0.773. The van der Waals surface area contributed by atoms with E-state index in [1.54, 1.807) is 12.2 Å². The van der Waals surface area contributed by atoms with Crippen molar-refractivity contribution < 1.29 is 28.7 Å². The van der Waals surface area contributed by atoms with E-state index < -0.39 is 48.1 Å². The van der Waals surface area contributed by atoms with E-state index in [4.69, 9.17) is 9.47 Å². The third-order valence-corrected chi connectivity index (χ3v) is 5.48. The monoisotopic (exact) mass is 358 g/mol. The summed E-state index contributed by atoms with van der Waals surface area (Å²) in [5.74, 6) is -4.02. The van der Waals surface area contributed by atoms with Gasteiger partial charge in [-0.3, -0.25) is 29.8 Å². The number of rotatable bonds is 4. The molecule has 2 N–H and O–H groups in total. The molecule has 0 aliphatic carbocycles. The van der Waals surface area contributed by atoms with E-state index in [9.17, 15) is 19.2 Å². The van der Waals surface area contributed by atoms with Crippen LogP contribution in [0.15, 0.2) is 37.5 Å². The van der Waals surface area contributed by atoms with Crippen molar-refractivity contribution in [2.75, 3.05) is 0 Å². The first-order valence-electron chi connectivity index (χ1n) is 8.40. The summed E-state index contributed by atoms with van der Waals surface area (Å²) in [5, 5.41) is 4.63. The highest BCUT2D eigenvalue weighted by molar-refractivity contribution is 6.07. The van der Waals surface area contributed by atoms with Gasteiger partial charge in [-0.15, -0.1) is 13.2 Å². The number of fused-ring (bicyclic) bond motifs is 2. The molecule has 4 amide bonds. The van der Waals surface area contributed by atoms with E-state index >= 15 is 0 Å². The van der Waals surface area contributed by atoms with Crippen LogP contribution in [0.1, 0.15) is 0 Å². The molecule has 0 aromatic carbocycles. The maximum Gasteiger partial charge on any atom is 0.233 e. The molecule has 8 heteroatoms. The van der Waals surface area contributed by atoms with Crippen LogP contribution in [0.25, 0.3) is 0 Å². The van der Waals surface area contributed by atoms with Crippen molar-refractivity contribution in [3.05, 3.63) is 37.5 Å². The topological polar surface area (TPSA) is 111 Å². The molecule has 4 rings (SSSR count). The number of ether oxygens (including phenoxy) is 2. The van der Waals surface area contributed by atoms with E-state index in [0.29, 0.717) is 0 Å². The summed E-state index contributed by atoms with van der Waals surface area (Å²) in [6.45, 7) is 7.30. The number of carbonyl (C=O) groups excluding carboxylic acids is 4. The fraction of sp³-hybridized carbons (Fsp3) is 0.444. The van der Waals surface area contributed by atoms with Crippen LogP contribution in [0.3, 0.4) is 0 Å². The first-order chi connectivity index (χ1) is 12.5. The Bertz CT molecular complexity index is 697. The zero-order valence-corrected chi connectivity index (χ0v) is 13.8. The van der Waals surface area contributed by atoms with E-state index in [-0.39, 0.29) is 23.6 Å². The Morgan fingerprint density at radius 3 is 1.23 bits per heavy atom. The van der Waals surface area contributed by atoms with Gasteiger partial charge in [0.2, 0.25) is 23.6 Å². The van der Waals surface area contributed by atoms with Gasteiger partial charge >= 0.3 is 0 Å². The van der Waals surface area contributed by atoms with Gasteiger partial charge in [-0.2, -0.15) is 0 Å². The average molecular weight is 358 g/mol. The highest BCUT2D eigenvalue weighted by Crippen LogP contribution is 2.40. The summed E-state index contributed by atoms with van der Waals surface area (Å²) in [5.41, 5.74) is 0. The summed E-state index contributed by atoms with van der Waals surface area (Å²) in [6, 6.07) is 0. The Hall–Kier alpha value is -2.58. The summed E-state index contributed by atoms with van der Waals surface area (Å²) >= 11 is 0. The molecule has 8 atom stereocenters. The molecular formula is C18H18N2O6. The molecule has 4 heterocycles. The smallest absolute Gasteiger partial charge is 0.233 e. The molecule has 8 nitrogen and oxygen atoms in total. The maximum atomic E-state index is 12.1. The minimum atomic E-state index is -0.645. The van der Waals surface area contributed by atoms with Gasteiger partial charge in [-0.05, 0) is 0 Å². The Kier molecular flexibility index (Phi) is 3.89. The summed E-state index contributed by atoms with van der Waals surface area (Å²) in [6.07, 6.45) is 3.86. The Labute approximate surface area is 149 Å². The van der Waals surface area contributed by atoms with Gasteiger partial charge in [0, 0.05) is 0 Å². The molecule has 4 saturated heterocycles.